The van der Waals surface area contributed by atoms with Crippen LogP contribution < -0.4 is 0 Å². The largest absolute Gasteiger partial charge is 0.508 e. The van der Waals surface area contributed by atoms with Crippen LogP contribution in [0.5, 0.6) is 5.75 Å². The molecule has 4 nitrogen and oxygen atoms in total. The third-order valence-corrected chi connectivity index (χ3v) is 2.56. The van der Waals surface area contributed by atoms with E-state index < -0.39 is 5.79 Å². The summed E-state index contributed by atoms with van der Waals surface area (Å²) < 4.78 is 0. The van der Waals surface area contributed by atoms with E-state index in [1.165, 1.54) is 6.08 Å². The molecule has 1 aliphatic rings. The van der Waals surface area contributed by atoms with Crippen molar-refractivity contribution in [3.05, 3.63) is 59.4 Å². The lowest BCUT2D eigenvalue weighted by Gasteiger charge is -2.21. The topological polar surface area (TPSA) is 80.9 Å². The maximum absolute atomic E-state index is 9.46. The maximum Gasteiger partial charge on any atom is 0.190 e. The first-order valence-corrected chi connectivity index (χ1v) is 5.49. The first-order valence-electron chi connectivity index (χ1n) is 5.49. The number of phenols is 1. The first kappa shape index (κ1) is 12.4. The average molecular weight is 246 g/mol. The Balaban J connectivity index is 2.15. The van der Waals surface area contributed by atoms with Crippen molar-refractivity contribution in [3.63, 3.8) is 0 Å². The standard InChI is InChI=1S/C14H14O4/c15-12-5-3-10(4-6-12)1-2-11-7-13(16)9-14(17,18)8-11/h1-7,9,15-18H,8H2. The molecule has 0 aliphatic heterocycles. The van der Waals surface area contributed by atoms with Gasteiger partial charge in [0.15, 0.2) is 5.79 Å². The van der Waals surface area contributed by atoms with Gasteiger partial charge in [0.25, 0.3) is 0 Å². The van der Waals surface area contributed by atoms with Gasteiger partial charge in [0.1, 0.15) is 11.5 Å². The van der Waals surface area contributed by atoms with Crippen molar-refractivity contribution in [2.45, 2.75) is 12.2 Å². The fourth-order valence-corrected chi connectivity index (χ4v) is 1.77. The van der Waals surface area contributed by atoms with Crippen LogP contribution in [0.15, 0.2) is 53.8 Å². The molecule has 0 atom stereocenters. The van der Waals surface area contributed by atoms with Gasteiger partial charge in [0, 0.05) is 12.5 Å². The lowest BCUT2D eigenvalue weighted by Crippen LogP contribution is -2.28. The molecule has 1 aliphatic carbocycles. The molecule has 4 heteroatoms. The second-order valence-corrected chi connectivity index (χ2v) is 4.27. The molecule has 0 saturated heterocycles. The molecule has 0 amide bonds. The third kappa shape index (κ3) is 3.23. The fraction of sp³-hybridized carbons (Fsp3) is 0.143. The normalized spacial score (nSPS) is 18.6. The Kier molecular flexibility index (Phi) is 3.23. The molecule has 0 fully saturated rings. The number of phenolic OH excluding ortho intramolecular Hbond substituents is 1. The van der Waals surface area contributed by atoms with Gasteiger partial charge in [-0.05, 0) is 29.3 Å². The van der Waals surface area contributed by atoms with Crippen molar-refractivity contribution >= 4 is 6.08 Å². The molecule has 2 rings (SSSR count). The number of hydrogen-bond donors (Lipinski definition) is 4. The monoisotopic (exact) mass is 246 g/mol. The SMILES string of the molecule is OC1=CC(O)(O)CC(C=Cc2ccc(O)cc2)=C1. The quantitative estimate of drug-likeness (QED) is 0.600. The molecule has 1 aromatic carbocycles. The van der Waals surface area contributed by atoms with Gasteiger partial charge in [-0.15, -0.1) is 0 Å². The van der Waals surface area contributed by atoms with Crippen molar-refractivity contribution in [1.29, 1.82) is 0 Å². The number of rotatable bonds is 2. The summed E-state index contributed by atoms with van der Waals surface area (Å²) in [6.07, 6.45) is 5.94. The zero-order valence-corrected chi connectivity index (χ0v) is 9.61. The summed E-state index contributed by atoms with van der Waals surface area (Å²) >= 11 is 0. The van der Waals surface area contributed by atoms with Crippen LogP contribution in [-0.4, -0.2) is 26.2 Å². The molecule has 4 N–H and O–H groups in total. The van der Waals surface area contributed by atoms with E-state index in [1.807, 2.05) is 0 Å². The van der Waals surface area contributed by atoms with Gasteiger partial charge >= 0.3 is 0 Å². The minimum Gasteiger partial charge on any atom is -0.508 e. The van der Waals surface area contributed by atoms with Crippen molar-refractivity contribution in [2.24, 2.45) is 0 Å². The van der Waals surface area contributed by atoms with Crippen LogP contribution >= 0.6 is 0 Å². The van der Waals surface area contributed by atoms with E-state index in [9.17, 15) is 15.3 Å². The minimum absolute atomic E-state index is 0.0195. The summed E-state index contributed by atoms with van der Waals surface area (Å²) in [7, 11) is 0. The van der Waals surface area contributed by atoms with Gasteiger partial charge in [-0.2, -0.15) is 0 Å². The van der Waals surface area contributed by atoms with Gasteiger partial charge in [0.05, 0.1) is 0 Å². The summed E-state index contributed by atoms with van der Waals surface area (Å²) in [4.78, 5) is 0. The number of aliphatic hydroxyl groups excluding tert-OH is 1. The highest BCUT2D eigenvalue weighted by Crippen LogP contribution is 2.24. The van der Waals surface area contributed by atoms with Crippen LogP contribution in [0.2, 0.25) is 0 Å². The predicted octanol–water partition coefficient (Wildman–Crippen LogP) is 1.86. The average Bonchev–Trinajstić information content (AvgIpc) is 2.25. The minimum atomic E-state index is -2.01. The molecule has 0 saturated carbocycles. The van der Waals surface area contributed by atoms with Crippen molar-refractivity contribution < 1.29 is 20.4 Å². The molecule has 94 valence electrons. The highest BCUT2D eigenvalue weighted by molar-refractivity contribution is 5.55. The smallest absolute Gasteiger partial charge is 0.190 e. The summed E-state index contributed by atoms with van der Waals surface area (Å²) in [5, 5.41) is 37.4. The van der Waals surface area contributed by atoms with Gasteiger partial charge in [0.2, 0.25) is 0 Å². The summed E-state index contributed by atoms with van der Waals surface area (Å²) in [6.45, 7) is 0. The zero-order chi connectivity index (χ0) is 13.2. The van der Waals surface area contributed by atoms with E-state index >= 15 is 0 Å². The maximum atomic E-state index is 9.46. The Morgan fingerprint density at radius 3 is 2.28 bits per heavy atom. The molecular formula is C14H14O4. The van der Waals surface area contributed by atoms with Crippen molar-refractivity contribution in [2.75, 3.05) is 0 Å². The van der Waals surface area contributed by atoms with Crippen molar-refractivity contribution in [1.82, 2.24) is 0 Å². The first-order chi connectivity index (χ1) is 8.44. The molecule has 0 unspecified atom stereocenters. The van der Waals surface area contributed by atoms with E-state index in [0.29, 0.717) is 5.57 Å². The molecule has 0 aromatic heterocycles. The van der Waals surface area contributed by atoms with Crippen LogP contribution in [0.3, 0.4) is 0 Å². The zero-order valence-electron chi connectivity index (χ0n) is 9.61. The van der Waals surface area contributed by atoms with E-state index in [4.69, 9.17) is 5.11 Å². The molecule has 0 bridgehead atoms. The highest BCUT2D eigenvalue weighted by atomic mass is 16.5. The van der Waals surface area contributed by atoms with E-state index in [2.05, 4.69) is 0 Å². The molecule has 0 radical (unpaired) electrons. The van der Waals surface area contributed by atoms with Crippen LogP contribution in [0.25, 0.3) is 6.08 Å². The van der Waals surface area contributed by atoms with Gasteiger partial charge in [-0.25, -0.2) is 0 Å². The second kappa shape index (κ2) is 4.68. The lowest BCUT2D eigenvalue weighted by atomic mass is 9.97. The highest BCUT2D eigenvalue weighted by Gasteiger charge is 2.25. The summed E-state index contributed by atoms with van der Waals surface area (Å²) in [6, 6.07) is 6.59. The number of aliphatic hydroxyl groups is 3. The van der Waals surface area contributed by atoms with Crippen LogP contribution in [0.1, 0.15) is 12.0 Å². The Labute approximate surface area is 104 Å². The summed E-state index contributed by atoms with van der Waals surface area (Å²) in [5.74, 6) is -1.99. The van der Waals surface area contributed by atoms with Crippen LogP contribution in [0.4, 0.5) is 0 Å². The van der Waals surface area contributed by atoms with E-state index in [0.717, 1.165) is 11.6 Å². The summed E-state index contributed by atoms with van der Waals surface area (Å²) in [5.41, 5.74) is 1.47. The van der Waals surface area contributed by atoms with E-state index in [1.54, 1.807) is 36.4 Å². The molecule has 0 heterocycles. The lowest BCUT2D eigenvalue weighted by molar-refractivity contribution is -0.118. The number of aromatic hydroxyl groups is 1. The Morgan fingerprint density at radius 1 is 1.00 bits per heavy atom. The third-order valence-electron chi connectivity index (χ3n) is 2.56. The van der Waals surface area contributed by atoms with E-state index in [-0.39, 0.29) is 17.9 Å². The number of hydrogen-bond acceptors (Lipinski definition) is 4. The second-order valence-electron chi connectivity index (χ2n) is 4.27. The molecule has 18 heavy (non-hydrogen) atoms. The van der Waals surface area contributed by atoms with Gasteiger partial charge in [-0.1, -0.05) is 24.3 Å². The number of benzene rings is 1. The predicted molar refractivity (Wildman–Crippen MR) is 67.7 cm³/mol. The fourth-order valence-electron chi connectivity index (χ4n) is 1.77. The van der Waals surface area contributed by atoms with Gasteiger partial charge < -0.3 is 20.4 Å². The molecule has 1 aromatic rings. The Morgan fingerprint density at radius 2 is 1.67 bits per heavy atom. The molecular weight excluding hydrogens is 232 g/mol. The van der Waals surface area contributed by atoms with Gasteiger partial charge in [-0.3, -0.25) is 0 Å². The Bertz CT molecular complexity index is 521. The van der Waals surface area contributed by atoms with Crippen molar-refractivity contribution in [3.8, 4) is 5.75 Å². The van der Waals surface area contributed by atoms with Crippen LogP contribution in [-0.2, 0) is 0 Å². The Hall–Kier alpha value is -2.04. The van der Waals surface area contributed by atoms with Crippen LogP contribution in [0, 0.1) is 0 Å². The molecule has 0 spiro atoms. The number of allylic oxidation sites excluding steroid dienone is 2.